The predicted molar refractivity (Wildman–Crippen MR) is 128 cm³/mol. The van der Waals surface area contributed by atoms with E-state index in [2.05, 4.69) is 46.1 Å². The van der Waals surface area contributed by atoms with Crippen LogP contribution in [0.2, 0.25) is 0 Å². The number of nitrogens with two attached hydrogens (primary N) is 2. The van der Waals surface area contributed by atoms with Crippen molar-refractivity contribution in [2.24, 2.45) is 28.7 Å². The van der Waals surface area contributed by atoms with Gasteiger partial charge in [-0.05, 0) is 76.3 Å². The van der Waals surface area contributed by atoms with E-state index in [0.29, 0.717) is 6.04 Å². The van der Waals surface area contributed by atoms with E-state index in [1.807, 2.05) is 46.8 Å². The molecule has 0 amide bonds. The predicted octanol–water partition coefficient (Wildman–Crippen LogP) is 7.26. The first kappa shape index (κ1) is 30.9. The Kier molecular flexibility index (Phi) is 21.1. The van der Waals surface area contributed by atoms with Gasteiger partial charge in [-0.2, -0.15) is 0 Å². The summed E-state index contributed by atoms with van der Waals surface area (Å²) < 4.78 is 0. The molecule has 1 unspecified atom stereocenters. The highest BCUT2D eigenvalue weighted by molar-refractivity contribution is 5.28. The molecule has 1 spiro atoms. The SMILES string of the molecule is C=C/C=C(C)\C(C)=C/C.CC.CC.CCC(C)C1CC2(CC(N)C2)C1.CN. The second-order valence-electron chi connectivity index (χ2n) is 7.28. The van der Waals surface area contributed by atoms with Crippen molar-refractivity contribution >= 4 is 0 Å². The molecule has 0 aliphatic heterocycles. The quantitative estimate of drug-likeness (QED) is 0.504. The molecule has 27 heavy (non-hydrogen) atoms. The zero-order valence-electron chi connectivity index (χ0n) is 20.4. The lowest BCUT2D eigenvalue weighted by atomic mass is 9.48. The van der Waals surface area contributed by atoms with Gasteiger partial charge in [-0.1, -0.05) is 78.3 Å². The Hall–Kier alpha value is -0.860. The minimum atomic E-state index is 0.544. The van der Waals surface area contributed by atoms with Gasteiger partial charge in [0.15, 0.2) is 0 Å². The summed E-state index contributed by atoms with van der Waals surface area (Å²) in [6.07, 6.45) is 12.9. The summed E-state index contributed by atoms with van der Waals surface area (Å²) in [5.74, 6) is 1.98. The van der Waals surface area contributed by atoms with E-state index in [9.17, 15) is 0 Å². The zero-order valence-corrected chi connectivity index (χ0v) is 20.4. The van der Waals surface area contributed by atoms with Crippen LogP contribution in [0.25, 0.3) is 0 Å². The van der Waals surface area contributed by atoms with Crippen LogP contribution in [0.3, 0.4) is 0 Å². The van der Waals surface area contributed by atoms with E-state index in [0.717, 1.165) is 17.3 Å². The Balaban J connectivity index is -0.000000343. The van der Waals surface area contributed by atoms with Crippen LogP contribution in [0.15, 0.2) is 36.0 Å². The van der Waals surface area contributed by atoms with E-state index in [1.54, 1.807) is 0 Å². The number of rotatable bonds is 4. The normalized spacial score (nSPS) is 26.7. The van der Waals surface area contributed by atoms with Crippen molar-refractivity contribution in [3.63, 3.8) is 0 Å². The molecule has 2 aliphatic carbocycles. The molecule has 0 saturated heterocycles. The molecule has 1 atom stereocenters. The Morgan fingerprint density at radius 2 is 1.48 bits per heavy atom. The number of hydrogen-bond donors (Lipinski definition) is 2. The Labute approximate surface area is 172 Å². The van der Waals surface area contributed by atoms with Crippen LogP contribution >= 0.6 is 0 Å². The van der Waals surface area contributed by atoms with Crippen molar-refractivity contribution in [1.82, 2.24) is 0 Å². The van der Waals surface area contributed by atoms with Crippen molar-refractivity contribution in [2.75, 3.05) is 7.05 Å². The van der Waals surface area contributed by atoms with Gasteiger partial charge in [0, 0.05) is 6.04 Å². The molecule has 0 bridgehead atoms. The second kappa shape index (κ2) is 18.5. The van der Waals surface area contributed by atoms with Crippen LogP contribution in [0.1, 0.15) is 94.4 Å². The van der Waals surface area contributed by atoms with E-state index in [-0.39, 0.29) is 0 Å². The van der Waals surface area contributed by atoms with E-state index in [1.165, 1.54) is 50.3 Å². The maximum absolute atomic E-state index is 5.82. The van der Waals surface area contributed by atoms with Crippen molar-refractivity contribution in [2.45, 2.75) is 100 Å². The molecule has 2 heteroatoms. The molecular formula is C25H52N2. The maximum Gasteiger partial charge on any atom is 0.00494 e. The third kappa shape index (κ3) is 11.5. The van der Waals surface area contributed by atoms with Crippen LogP contribution in [0.4, 0.5) is 0 Å². The summed E-state index contributed by atoms with van der Waals surface area (Å²) in [5, 5.41) is 0. The second-order valence-corrected chi connectivity index (χ2v) is 7.28. The minimum absolute atomic E-state index is 0.544. The van der Waals surface area contributed by atoms with Crippen LogP contribution in [-0.4, -0.2) is 13.1 Å². The minimum Gasteiger partial charge on any atom is -0.333 e. The van der Waals surface area contributed by atoms with Gasteiger partial charge in [0.05, 0.1) is 0 Å². The van der Waals surface area contributed by atoms with Gasteiger partial charge in [0.25, 0.3) is 0 Å². The molecule has 2 rings (SSSR count). The molecule has 162 valence electrons. The zero-order chi connectivity index (χ0) is 22.0. The lowest BCUT2D eigenvalue weighted by Gasteiger charge is -2.58. The fraction of sp³-hybridized carbons (Fsp3) is 0.760. The van der Waals surface area contributed by atoms with Gasteiger partial charge in [-0.15, -0.1) is 0 Å². The Bertz CT molecular complexity index is 393. The summed E-state index contributed by atoms with van der Waals surface area (Å²) >= 11 is 0. The van der Waals surface area contributed by atoms with Gasteiger partial charge < -0.3 is 11.5 Å². The average molecular weight is 381 g/mol. The van der Waals surface area contributed by atoms with Gasteiger partial charge >= 0.3 is 0 Å². The molecule has 0 aromatic heterocycles. The lowest BCUT2D eigenvalue weighted by molar-refractivity contribution is -0.0596. The van der Waals surface area contributed by atoms with Crippen molar-refractivity contribution in [1.29, 1.82) is 0 Å². The van der Waals surface area contributed by atoms with E-state index >= 15 is 0 Å². The molecule has 2 fully saturated rings. The van der Waals surface area contributed by atoms with E-state index < -0.39 is 0 Å². The highest BCUT2D eigenvalue weighted by Crippen LogP contribution is 2.60. The van der Waals surface area contributed by atoms with Crippen molar-refractivity contribution < 1.29 is 0 Å². The van der Waals surface area contributed by atoms with Gasteiger partial charge in [-0.3, -0.25) is 0 Å². The highest BCUT2D eigenvalue weighted by Gasteiger charge is 2.52. The van der Waals surface area contributed by atoms with Gasteiger partial charge in [-0.25, -0.2) is 0 Å². The first-order valence-electron chi connectivity index (χ1n) is 11.1. The summed E-state index contributed by atoms with van der Waals surface area (Å²) in [6, 6.07) is 0.544. The van der Waals surface area contributed by atoms with Gasteiger partial charge in [0.2, 0.25) is 0 Å². The summed E-state index contributed by atoms with van der Waals surface area (Å²) in [6.45, 7) is 22.5. The standard InChI is InChI=1S/C11H21N.C9H14.2C2H6.CH5N/c1-3-8(2)9-4-11(5-9)6-10(12)7-11;1-5-7-9(4)8(3)6-2;3*1-2/h8-10H,3-7,12H2,1-2H3;5-7H,1H2,2-4H3;2*1-2H3;2H2,1H3/b;8-6-,9-7-;;;. The maximum atomic E-state index is 5.82. The Morgan fingerprint density at radius 3 is 1.78 bits per heavy atom. The monoisotopic (exact) mass is 380 g/mol. The number of hydrogen-bond acceptors (Lipinski definition) is 2. The van der Waals surface area contributed by atoms with Crippen molar-refractivity contribution in [3.05, 3.63) is 36.0 Å². The summed E-state index contributed by atoms with van der Waals surface area (Å²) in [4.78, 5) is 0. The fourth-order valence-electron chi connectivity index (χ4n) is 3.71. The largest absolute Gasteiger partial charge is 0.333 e. The Morgan fingerprint density at radius 1 is 1.04 bits per heavy atom. The average Bonchev–Trinajstić information content (AvgIpc) is 2.67. The third-order valence-electron chi connectivity index (χ3n) is 5.65. The smallest absolute Gasteiger partial charge is 0.00494 e. The fourth-order valence-corrected chi connectivity index (χ4v) is 3.71. The molecule has 4 N–H and O–H groups in total. The van der Waals surface area contributed by atoms with Crippen LogP contribution in [-0.2, 0) is 0 Å². The molecule has 0 aromatic carbocycles. The van der Waals surface area contributed by atoms with Crippen molar-refractivity contribution in [3.8, 4) is 0 Å². The summed E-state index contributed by atoms with van der Waals surface area (Å²) in [5.41, 5.74) is 13.7. The lowest BCUT2D eigenvalue weighted by Crippen LogP contribution is -2.54. The molecular weight excluding hydrogens is 328 g/mol. The van der Waals surface area contributed by atoms with E-state index in [4.69, 9.17) is 5.73 Å². The molecule has 0 heterocycles. The molecule has 0 radical (unpaired) electrons. The van der Waals surface area contributed by atoms with Crippen LogP contribution in [0, 0.1) is 17.3 Å². The van der Waals surface area contributed by atoms with Crippen LogP contribution in [0.5, 0.6) is 0 Å². The molecule has 0 aromatic rings. The summed E-state index contributed by atoms with van der Waals surface area (Å²) in [7, 11) is 1.50. The first-order chi connectivity index (χ1) is 12.9. The van der Waals surface area contributed by atoms with Crippen LogP contribution < -0.4 is 11.5 Å². The number of allylic oxidation sites excluding steroid dienone is 5. The molecule has 2 saturated carbocycles. The topological polar surface area (TPSA) is 52.0 Å². The third-order valence-corrected chi connectivity index (χ3v) is 5.65. The molecule has 2 nitrogen and oxygen atoms in total. The highest BCUT2D eigenvalue weighted by atomic mass is 14.7. The van der Waals surface area contributed by atoms with Gasteiger partial charge in [0.1, 0.15) is 0 Å². The molecule has 2 aliphatic rings. The first-order valence-corrected chi connectivity index (χ1v) is 11.1.